The quantitative estimate of drug-likeness (QED) is 0.594. The molecule has 3 heteroatoms. The SMILES string of the molecule is CCN(CC)CCCN(CC)C(C)C(C)CNC(C)C. The third kappa shape index (κ3) is 8.23. The predicted octanol–water partition coefficient (Wildman–Crippen LogP) is 3.06. The second kappa shape index (κ2) is 11.5. The van der Waals surface area contributed by atoms with E-state index in [2.05, 4.69) is 63.6 Å². The van der Waals surface area contributed by atoms with Crippen molar-refractivity contribution in [2.45, 2.75) is 67.0 Å². The van der Waals surface area contributed by atoms with Crippen LogP contribution in [-0.4, -0.2) is 61.2 Å². The molecule has 2 unspecified atom stereocenters. The van der Waals surface area contributed by atoms with Crippen molar-refractivity contribution in [2.24, 2.45) is 5.92 Å². The van der Waals surface area contributed by atoms with Crippen LogP contribution in [-0.2, 0) is 0 Å². The van der Waals surface area contributed by atoms with E-state index in [0.29, 0.717) is 18.0 Å². The number of hydrogen-bond acceptors (Lipinski definition) is 3. The van der Waals surface area contributed by atoms with Crippen LogP contribution in [0.5, 0.6) is 0 Å². The largest absolute Gasteiger partial charge is 0.314 e. The van der Waals surface area contributed by atoms with Crippen molar-refractivity contribution in [2.75, 3.05) is 39.3 Å². The van der Waals surface area contributed by atoms with Gasteiger partial charge in [-0.25, -0.2) is 0 Å². The molecule has 2 atom stereocenters. The Morgan fingerprint density at radius 2 is 1.45 bits per heavy atom. The first-order valence-electron chi connectivity index (χ1n) is 8.65. The lowest BCUT2D eigenvalue weighted by atomic mass is 10.0. The van der Waals surface area contributed by atoms with Crippen LogP contribution in [0.4, 0.5) is 0 Å². The minimum absolute atomic E-state index is 0.586. The third-order valence-corrected chi connectivity index (χ3v) is 4.47. The highest BCUT2D eigenvalue weighted by molar-refractivity contribution is 4.75. The summed E-state index contributed by atoms with van der Waals surface area (Å²) in [6.07, 6.45) is 1.28. The summed E-state index contributed by atoms with van der Waals surface area (Å²) in [5, 5.41) is 3.56. The first-order chi connectivity index (χ1) is 9.46. The first kappa shape index (κ1) is 19.9. The second-order valence-corrected chi connectivity index (χ2v) is 6.29. The van der Waals surface area contributed by atoms with Gasteiger partial charge in [0.25, 0.3) is 0 Å². The zero-order valence-corrected chi connectivity index (χ0v) is 15.1. The maximum atomic E-state index is 3.56. The molecule has 0 amide bonds. The summed E-state index contributed by atoms with van der Waals surface area (Å²) in [5.74, 6) is 0.700. The number of hydrogen-bond donors (Lipinski definition) is 1. The maximum Gasteiger partial charge on any atom is 0.0105 e. The lowest BCUT2D eigenvalue weighted by Gasteiger charge is -2.33. The van der Waals surface area contributed by atoms with Gasteiger partial charge in [-0.1, -0.05) is 41.5 Å². The highest BCUT2D eigenvalue weighted by atomic mass is 15.2. The lowest BCUT2D eigenvalue weighted by Crippen LogP contribution is -2.43. The Balaban J connectivity index is 4.09. The van der Waals surface area contributed by atoms with Gasteiger partial charge in [-0.3, -0.25) is 0 Å². The van der Waals surface area contributed by atoms with E-state index in [9.17, 15) is 0 Å². The molecule has 0 fully saturated rings. The average molecular weight is 286 g/mol. The molecule has 0 aliphatic carbocycles. The summed E-state index contributed by atoms with van der Waals surface area (Å²) in [5.41, 5.74) is 0. The topological polar surface area (TPSA) is 18.5 Å². The lowest BCUT2D eigenvalue weighted by molar-refractivity contribution is 0.155. The van der Waals surface area contributed by atoms with E-state index in [4.69, 9.17) is 0 Å². The fraction of sp³-hybridized carbons (Fsp3) is 1.00. The second-order valence-electron chi connectivity index (χ2n) is 6.29. The van der Waals surface area contributed by atoms with Crippen LogP contribution >= 0.6 is 0 Å². The standard InChI is InChI=1S/C17H39N3/c1-8-19(9-2)12-11-13-20(10-3)17(7)16(6)14-18-15(4)5/h15-18H,8-14H2,1-7H3. The van der Waals surface area contributed by atoms with Crippen LogP contribution < -0.4 is 5.32 Å². The molecule has 0 saturated heterocycles. The van der Waals surface area contributed by atoms with Crippen LogP contribution in [0.15, 0.2) is 0 Å². The molecular weight excluding hydrogens is 246 g/mol. The average Bonchev–Trinajstić information content (AvgIpc) is 2.44. The Bertz CT molecular complexity index is 214. The van der Waals surface area contributed by atoms with Gasteiger partial charge in [0, 0.05) is 12.1 Å². The number of nitrogens with zero attached hydrogens (tertiary/aromatic N) is 2. The Morgan fingerprint density at radius 3 is 1.90 bits per heavy atom. The van der Waals surface area contributed by atoms with E-state index in [1.54, 1.807) is 0 Å². The number of rotatable bonds is 12. The van der Waals surface area contributed by atoms with Crippen LogP contribution in [0.2, 0.25) is 0 Å². The van der Waals surface area contributed by atoms with E-state index >= 15 is 0 Å². The normalized spacial score (nSPS) is 15.3. The summed E-state index contributed by atoms with van der Waals surface area (Å²) in [7, 11) is 0. The van der Waals surface area contributed by atoms with Gasteiger partial charge in [-0.05, 0) is 58.5 Å². The summed E-state index contributed by atoms with van der Waals surface area (Å²) < 4.78 is 0. The third-order valence-electron chi connectivity index (χ3n) is 4.47. The fourth-order valence-electron chi connectivity index (χ4n) is 2.64. The Labute approximate surface area is 128 Å². The van der Waals surface area contributed by atoms with E-state index in [-0.39, 0.29) is 0 Å². The van der Waals surface area contributed by atoms with Crippen molar-refractivity contribution in [3.8, 4) is 0 Å². The predicted molar refractivity (Wildman–Crippen MR) is 91.4 cm³/mol. The van der Waals surface area contributed by atoms with Gasteiger partial charge < -0.3 is 15.1 Å². The summed E-state index contributed by atoms with van der Waals surface area (Å²) in [6.45, 7) is 23.1. The molecular formula is C17H39N3. The minimum Gasteiger partial charge on any atom is -0.314 e. The van der Waals surface area contributed by atoms with Gasteiger partial charge in [0.05, 0.1) is 0 Å². The monoisotopic (exact) mass is 285 g/mol. The van der Waals surface area contributed by atoms with Crippen molar-refractivity contribution in [3.63, 3.8) is 0 Å². The van der Waals surface area contributed by atoms with Gasteiger partial charge in [0.15, 0.2) is 0 Å². The molecule has 0 spiro atoms. The Kier molecular flexibility index (Phi) is 11.5. The van der Waals surface area contributed by atoms with E-state index in [1.165, 1.54) is 32.6 Å². The zero-order chi connectivity index (χ0) is 15.5. The highest BCUT2D eigenvalue weighted by Crippen LogP contribution is 2.11. The van der Waals surface area contributed by atoms with Crippen LogP contribution in [0.1, 0.15) is 54.9 Å². The van der Waals surface area contributed by atoms with Crippen LogP contribution in [0.25, 0.3) is 0 Å². The van der Waals surface area contributed by atoms with E-state index < -0.39 is 0 Å². The van der Waals surface area contributed by atoms with Gasteiger partial charge in [-0.2, -0.15) is 0 Å². The molecule has 20 heavy (non-hydrogen) atoms. The Hall–Kier alpha value is -0.120. The van der Waals surface area contributed by atoms with Crippen molar-refractivity contribution in [1.82, 2.24) is 15.1 Å². The minimum atomic E-state index is 0.586. The van der Waals surface area contributed by atoms with E-state index in [1.807, 2.05) is 0 Å². The van der Waals surface area contributed by atoms with Crippen LogP contribution in [0, 0.1) is 5.92 Å². The molecule has 0 heterocycles. The summed E-state index contributed by atoms with van der Waals surface area (Å²) in [4.78, 5) is 5.15. The molecule has 122 valence electrons. The molecule has 0 rings (SSSR count). The number of nitrogens with one attached hydrogen (secondary N) is 1. The molecule has 0 aliphatic heterocycles. The molecule has 0 aromatic rings. The smallest absolute Gasteiger partial charge is 0.0105 e. The van der Waals surface area contributed by atoms with Crippen molar-refractivity contribution >= 4 is 0 Å². The van der Waals surface area contributed by atoms with Crippen molar-refractivity contribution < 1.29 is 0 Å². The van der Waals surface area contributed by atoms with Gasteiger partial charge in [-0.15, -0.1) is 0 Å². The van der Waals surface area contributed by atoms with Crippen molar-refractivity contribution in [1.29, 1.82) is 0 Å². The maximum absolute atomic E-state index is 3.56. The van der Waals surface area contributed by atoms with Gasteiger partial charge in [0.2, 0.25) is 0 Å². The molecule has 0 saturated carbocycles. The molecule has 0 aliphatic rings. The first-order valence-corrected chi connectivity index (χ1v) is 8.65. The van der Waals surface area contributed by atoms with Crippen LogP contribution in [0.3, 0.4) is 0 Å². The van der Waals surface area contributed by atoms with Gasteiger partial charge in [0.1, 0.15) is 0 Å². The molecule has 0 radical (unpaired) electrons. The molecule has 0 aromatic heterocycles. The molecule has 3 nitrogen and oxygen atoms in total. The zero-order valence-electron chi connectivity index (χ0n) is 15.1. The molecule has 0 bridgehead atoms. The van der Waals surface area contributed by atoms with Gasteiger partial charge >= 0.3 is 0 Å². The van der Waals surface area contributed by atoms with Crippen molar-refractivity contribution in [3.05, 3.63) is 0 Å². The molecule has 1 N–H and O–H groups in total. The molecule has 0 aromatic carbocycles. The summed E-state index contributed by atoms with van der Waals surface area (Å²) >= 11 is 0. The fourth-order valence-corrected chi connectivity index (χ4v) is 2.64. The summed E-state index contributed by atoms with van der Waals surface area (Å²) in [6, 6.07) is 1.24. The highest BCUT2D eigenvalue weighted by Gasteiger charge is 2.18. The Morgan fingerprint density at radius 1 is 0.850 bits per heavy atom. The van der Waals surface area contributed by atoms with E-state index in [0.717, 1.165) is 13.1 Å².